The number of allylic oxidation sites excluding steroid dienone is 1. The standard InChI is InChI=1S/C25H27F4N5O3/c1-33(2)22(36)9-5-3-4-8-21(35)31-18-7-6-12-34(24(18)37)15-20-30-19-14-17(26)13-16(23(19)32-20)10-11-25(27,28)29/h5-7,9,12-14H,3-4,8,10-11,15H2,1-2H3,(H,30,32)(H,31,35)/b9-5+. The number of aryl methyl sites for hydroxylation is 1. The third-order valence-electron chi connectivity index (χ3n) is 5.46. The number of rotatable bonds is 10. The van der Waals surface area contributed by atoms with Crippen molar-refractivity contribution in [2.75, 3.05) is 19.4 Å². The summed E-state index contributed by atoms with van der Waals surface area (Å²) in [6.45, 7) is -0.0672. The van der Waals surface area contributed by atoms with E-state index in [1.54, 1.807) is 26.2 Å². The number of anilines is 1. The van der Waals surface area contributed by atoms with E-state index >= 15 is 0 Å². The van der Waals surface area contributed by atoms with Crippen LogP contribution in [0.3, 0.4) is 0 Å². The molecule has 0 spiro atoms. The van der Waals surface area contributed by atoms with Crippen LogP contribution in [0.2, 0.25) is 0 Å². The number of nitrogens with zero attached hydrogens (tertiary/aromatic N) is 3. The molecule has 8 nitrogen and oxygen atoms in total. The number of halogens is 4. The van der Waals surface area contributed by atoms with Gasteiger partial charge in [0, 0.05) is 39.2 Å². The Kier molecular flexibility index (Phi) is 8.85. The van der Waals surface area contributed by atoms with Gasteiger partial charge in [0.05, 0.1) is 17.6 Å². The number of fused-ring (bicyclic) bond motifs is 1. The van der Waals surface area contributed by atoms with Gasteiger partial charge in [0.15, 0.2) is 0 Å². The first-order valence-electron chi connectivity index (χ1n) is 11.5. The fourth-order valence-electron chi connectivity index (χ4n) is 3.59. The average molecular weight is 522 g/mol. The molecule has 0 fully saturated rings. The lowest BCUT2D eigenvalue weighted by molar-refractivity contribution is -0.134. The zero-order valence-electron chi connectivity index (χ0n) is 20.4. The van der Waals surface area contributed by atoms with Crippen molar-refractivity contribution in [3.8, 4) is 0 Å². The fraction of sp³-hybridized carbons (Fsp3) is 0.360. The van der Waals surface area contributed by atoms with Gasteiger partial charge in [-0.25, -0.2) is 9.37 Å². The molecule has 2 aromatic heterocycles. The zero-order chi connectivity index (χ0) is 27.2. The van der Waals surface area contributed by atoms with Crippen molar-refractivity contribution in [2.24, 2.45) is 0 Å². The lowest BCUT2D eigenvalue weighted by Crippen LogP contribution is -2.26. The Morgan fingerprint density at radius 3 is 2.70 bits per heavy atom. The first-order chi connectivity index (χ1) is 17.4. The van der Waals surface area contributed by atoms with Crippen molar-refractivity contribution < 1.29 is 27.2 Å². The van der Waals surface area contributed by atoms with Crippen molar-refractivity contribution >= 4 is 28.5 Å². The molecular formula is C25H27F4N5O3. The number of aromatic nitrogens is 3. The van der Waals surface area contributed by atoms with Gasteiger partial charge in [0.2, 0.25) is 11.8 Å². The third-order valence-corrected chi connectivity index (χ3v) is 5.46. The molecule has 0 bridgehead atoms. The molecule has 2 heterocycles. The number of H-pyrrole nitrogens is 1. The molecule has 0 saturated carbocycles. The Morgan fingerprint density at radius 2 is 2.00 bits per heavy atom. The minimum Gasteiger partial charge on any atom is -0.345 e. The van der Waals surface area contributed by atoms with Gasteiger partial charge >= 0.3 is 6.18 Å². The Bertz CT molecular complexity index is 1360. The predicted octanol–water partition coefficient (Wildman–Crippen LogP) is 4.16. The smallest absolute Gasteiger partial charge is 0.345 e. The van der Waals surface area contributed by atoms with E-state index in [-0.39, 0.29) is 52.9 Å². The predicted molar refractivity (Wildman–Crippen MR) is 131 cm³/mol. The molecule has 0 aliphatic carbocycles. The van der Waals surface area contributed by atoms with E-state index in [2.05, 4.69) is 15.3 Å². The van der Waals surface area contributed by atoms with Crippen LogP contribution in [0.25, 0.3) is 11.0 Å². The lowest BCUT2D eigenvalue weighted by Gasteiger charge is -2.08. The molecule has 2 N–H and O–H groups in total. The fourth-order valence-corrected chi connectivity index (χ4v) is 3.59. The van der Waals surface area contributed by atoms with Gasteiger partial charge in [-0.1, -0.05) is 6.08 Å². The molecule has 0 unspecified atom stereocenters. The first kappa shape index (κ1) is 27.6. The van der Waals surface area contributed by atoms with Crippen LogP contribution in [0.15, 0.2) is 47.4 Å². The van der Waals surface area contributed by atoms with E-state index in [0.29, 0.717) is 12.8 Å². The molecule has 0 aliphatic heterocycles. The van der Waals surface area contributed by atoms with Gasteiger partial charge in [-0.3, -0.25) is 14.4 Å². The monoisotopic (exact) mass is 521 g/mol. The Hall–Kier alpha value is -3.96. The van der Waals surface area contributed by atoms with Crippen molar-refractivity contribution in [3.05, 3.63) is 70.2 Å². The summed E-state index contributed by atoms with van der Waals surface area (Å²) in [4.78, 5) is 45.1. The van der Waals surface area contributed by atoms with Gasteiger partial charge < -0.3 is 19.8 Å². The number of hydrogen-bond donors (Lipinski definition) is 2. The summed E-state index contributed by atoms with van der Waals surface area (Å²) in [5.41, 5.74) is 0.126. The number of amides is 2. The maximum Gasteiger partial charge on any atom is 0.389 e. The summed E-state index contributed by atoms with van der Waals surface area (Å²) in [6.07, 6.45) is -0.179. The average Bonchev–Trinajstić information content (AvgIpc) is 3.21. The molecule has 3 aromatic rings. The van der Waals surface area contributed by atoms with E-state index in [9.17, 15) is 31.9 Å². The van der Waals surface area contributed by atoms with Gasteiger partial charge in [-0.2, -0.15) is 13.2 Å². The van der Waals surface area contributed by atoms with Gasteiger partial charge in [-0.15, -0.1) is 0 Å². The first-order valence-corrected chi connectivity index (χ1v) is 11.5. The summed E-state index contributed by atoms with van der Waals surface area (Å²) in [7, 11) is 3.27. The van der Waals surface area contributed by atoms with Crippen LogP contribution in [0.5, 0.6) is 0 Å². The van der Waals surface area contributed by atoms with Gasteiger partial charge in [-0.05, 0) is 49.1 Å². The summed E-state index contributed by atoms with van der Waals surface area (Å²) >= 11 is 0. The maximum atomic E-state index is 13.9. The van der Waals surface area contributed by atoms with Crippen LogP contribution in [0.1, 0.15) is 37.1 Å². The number of carbonyl (C=O) groups is 2. The number of nitrogens with one attached hydrogen (secondary N) is 2. The van der Waals surface area contributed by atoms with Crippen LogP contribution in [0, 0.1) is 5.82 Å². The normalized spacial score (nSPS) is 11.8. The number of hydrogen-bond acceptors (Lipinski definition) is 4. The molecular weight excluding hydrogens is 494 g/mol. The van der Waals surface area contributed by atoms with Crippen LogP contribution >= 0.6 is 0 Å². The van der Waals surface area contributed by atoms with Crippen LogP contribution in [0.4, 0.5) is 23.2 Å². The van der Waals surface area contributed by atoms with Crippen molar-refractivity contribution in [3.63, 3.8) is 0 Å². The molecule has 1 aromatic carbocycles. The van der Waals surface area contributed by atoms with E-state index in [1.807, 2.05) is 0 Å². The molecule has 12 heteroatoms. The number of benzene rings is 1. The minimum atomic E-state index is -4.39. The number of pyridine rings is 1. The summed E-state index contributed by atoms with van der Waals surface area (Å²) in [5, 5.41) is 2.57. The zero-order valence-corrected chi connectivity index (χ0v) is 20.4. The highest BCUT2D eigenvalue weighted by Gasteiger charge is 2.27. The summed E-state index contributed by atoms with van der Waals surface area (Å²) in [6, 6.07) is 5.16. The van der Waals surface area contributed by atoms with E-state index in [1.165, 1.54) is 27.8 Å². The van der Waals surface area contributed by atoms with Crippen molar-refractivity contribution in [1.29, 1.82) is 0 Å². The second kappa shape index (κ2) is 11.8. The van der Waals surface area contributed by atoms with E-state index < -0.39 is 30.4 Å². The number of likely N-dealkylation sites (N-methyl/N-ethyl adjacent to an activating group) is 1. The topological polar surface area (TPSA) is 100 Å². The quantitative estimate of drug-likeness (QED) is 0.238. The second-order valence-electron chi connectivity index (χ2n) is 8.69. The highest BCUT2D eigenvalue weighted by atomic mass is 19.4. The molecule has 37 heavy (non-hydrogen) atoms. The molecule has 0 atom stereocenters. The molecule has 0 saturated heterocycles. The second-order valence-corrected chi connectivity index (χ2v) is 8.69. The summed E-state index contributed by atoms with van der Waals surface area (Å²) < 4.78 is 53.2. The number of aromatic amines is 1. The molecule has 0 aliphatic rings. The van der Waals surface area contributed by atoms with Crippen LogP contribution in [-0.2, 0) is 22.6 Å². The number of carbonyl (C=O) groups excluding carboxylic acids is 2. The number of unbranched alkanes of at least 4 members (excludes halogenated alkanes) is 1. The van der Waals surface area contributed by atoms with Crippen molar-refractivity contribution in [1.82, 2.24) is 19.4 Å². The number of alkyl halides is 3. The Labute approximate surface area is 210 Å². The maximum absolute atomic E-state index is 13.9. The molecule has 2 amide bonds. The van der Waals surface area contributed by atoms with Crippen LogP contribution in [-0.4, -0.2) is 51.5 Å². The number of imidazole rings is 1. The molecule has 3 rings (SSSR count). The third kappa shape index (κ3) is 8.02. The van der Waals surface area contributed by atoms with Crippen molar-refractivity contribution in [2.45, 2.75) is 44.8 Å². The Balaban J connectivity index is 1.67. The van der Waals surface area contributed by atoms with Gasteiger partial charge in [0.1, 0.15) is 17.3 Å². The minimum absolute atomic E-state index is 0.0545. The van der Waals surface area contributed by atoms with Crippen LogP contribution < -0.4 is 10.9 Å². The SMILES string of the molecule is CN(C)C(=O)/C=C/CCCC(=O)Nc1cccn(Cc2nc3cc(F)cc(CCC(F)(F)F)c3[nH]2)c1=O. The Morgan fingerprint density at radius 1 is 1.24 bits per heavy atom. The van der Waals surface area contributed by atoms with E-state index in [4.69, 9.17) is 0 Å². The summed E-state index contributed by atoms with van der Waals surface area (Å²) in [5.74, 6) is -0.972. The largest absolute Gasteiger partial charge is 0.389 e. The molecule has 0 radical (unpaired) electrons. The highest BCUT2D eigenvalue weighted by molar-refractivity contribution is 5.90. The molecule has 198 valence electrons. The van der Waals surface area contributed by atoms with E-state index in [0.717, 1.165) is 12.1 Å². The highest BCUT2D eigenvalue weighted by Crippen LogP contribution is 2.26. The lowest BCUT2D eigenvalue weighted by atomic mass is 10.1. The van der Waals surface area contributed by atoms with Gasteiger partial charge in [0.25, 0.3) is 5.56 Å².